The average molecular weight is 1710 g/mol. The first-order valence-electron chi connectivity index (χ1n) is 28.3. The van der Waals surface area contributed by atoms with Crippen molar-refractivity contribution in [2.45, 2.75) is 238 Å². The normalized spacial score (nSPS) is 22.1. The Bertz CT molecular complexity index is 3050. The molecule has 0 atom stereocenters. The molecule has 0 aromatic carbocycles. The van der Waals surface area contributed by atoms with Crippen LogP contribution in [0.2, 0.25) is 0 Å². The lowest BCUT2D eigenvalue weighted by atomic mass is 9.78. The van der Waals surface area contributed by atoms with Crippen LogP contribution in [0.15, 0.2) is 75.0 Å². The second kappa shape index (κ2) is 31.3. The van der Waals surface area contributed by atoms with Crippen molar-refractivity contribution < 1.29 is 238 Å². The SMILES string of the molecule is C=CC=COC1CCC(C(F)(F)C(F)(F)C(F)(F)C(F)(F)C(F)(F)C(F)(F)C(F)(F)C(F)(F)C(F)(F)C(F)(F)F)CC1.C=CC=COC1CCC(C(F)(F)C(F)(F)C(F)(F)C(F)(F)C(F)(F)C(F)(F)C(F)(F)C(F)(F)F)CC1.C=CC=COC1CCC(C(F)(F)C(F)(F)C(F)(F)C(F)(F)C(F)(F)C(F)(F)F)CC1. The molecule has 3 rings (SSSR count). The van der Waals surface area contributed by atoms with Gasteiger partial charge in [-0.05, 0) is 95.3 Å². The molecule has 0 aliphatic heterocycles. The molecule has 0 aromatic heterocycles. The van der Waals surface area contributed by atoms with Crippen molar-refractivity contribution in [3.63, 3.8) is 0 Å². The van der Waals surface area contributed by atoms with Gasteiger partial charge < -0.3 is 14.2 Å². The Morgan fingerprint density at radius 2 is 0.296 bits per heavy atom. The first kappa shape index (κ1) is 100. The van der Waals surface area contributed by atoms with E-state index in [1.54, 1.807) is 0 Å². The predicted octanol–water partition coefficient (Wildman–Crippen LogP) is 24.8. The summed E-state index contributed by atoms with van der Waals surface area (Å²) < 4.78 is 696. The van der Waals surface area contributed by atoms with Gasteiger partial charge in [0.2, 0.25) is 0 Å². The van der Waals surface area contributed by atoms with Gasteiger partial charge in [0, 0.05) is 17.8 Å². The van der Waals surface area contributed by atoms with Crippen molar-refractivity contribution in [3.8, 4) is 0 Å². The third-order valence-corrected chi connectivity index (χ3v) is 16.3. The Kier molecular flexibility index (Phi) is 29.1. The number of hydrogen-bond donors (Lipinski definition) is 0. The van der Waals surface area contributed by atoms with Crippen LogP contribution in [0.1, 0.15) is 77.0 Å². The first-order chi connectivity index (χ1) is 47.4. The molecule has 0 spiro atoms. The third kappa shape index (κ3) is 16.3. The highest BCUT2D eigenvalue weighted by molar-refractivity contribution is 5.20. The summed E-state index contributed by atoms with van der Waals surface area (Å²) >= 11 is 0. The molecule has 3 saturated carbocycles. The summed E-state index contributed by atoms with van der Waals surface area (Å²) in [6.45, 7) is 9.72. The first-order valence-corrected chi connectivity index (χ1v) is 28.3. The van der Waals surface area contributed by atoms with Gasteiger partial charge in [-0.1, -0.05) is 38.0 Å². The standard InChI is InChI=1S/C20H15F21O.C18H15F17O.C16H15F13O/c1-2-3-8-42-10-6-4-9(5-7-10)11(21,22)12(23,24)13(25,26)14(27,28)15(29,30)16(31,32)17(33,34)18(35,36)19(37,38)20(39,40)41;1-2-3-8-36-10-6-4-9(5-7-10)11(19,20)12(21,22)13(23,24)14(25,26)15(27,28)16(29,30)17(31,32)18(33,34)35;1-2-3-8-30-10-6-4-9(5-7-10)11(17,18)12(19,20)13(21,22)14(23,24)15(25,26)16(27,28)29/h2-3,8-10H,1,4-7H2;2-3,8-10H,1,4-7H2;2-3,8-10H,1,4-7H2. The fraction of sp³-hybridized carbons (Fsp3) is 0.778. The van der Waals surface area contributed by atoms with E-state index in [9.17, 15) is 224 Å². The van der Waals surface area contributed by atoms with Crippen molar-refractivity contribution in [3.05, 3.63) is 75.0 Å². The van der Waals surface area contributed by atoms with Crippen LogP contribution in [0.3, 0.4) is 0 Å². The molecular weight excluding hydrogens is 1670 g/mol. The number of halogens is 51. The van der Waals surface area contributed by atoms with Gasteiger partial charge in [-0.25, -0.2) is 0 Å². The Hall–Kier alpha value is -5.73. The van der Waals surface area contributed by atoms with E-state index in [-0.39, 0.29) is 0 Å². The summed E-state index contributed by atoms with van der Waals surface area (Å²) in [5.74, 6) is -178. The molecule has 0 saturated heterocycles. The number of allylic oxidation sites excluding steroid dienone is 6. The monoisotopic (exact) mass is 1710 g/mol. The Morgan fingerprint density at radius 3 is 0.417 bits per heavy atom. The molecule has 0 N–H and O–H groups in total. The van der Waals surface area contributed by atoms with E-state index in [1.165, 1.54) is 24.3 Å². The second-order valence-corrected chi connectivity index (χ2v) is 23.2. The molecule has 3 nitrogen and oxygen atoms in total. The molecule has 3 aliphatic rings. The quantitative estimate of drug-likeness (QED) is 0.0408. The van der Waals surface area contributed by atoms with Gasteiger partial charge in [-0.15, -0.1) is 0 Å². The van der Waals surface area contributed by atoms with E-state index in [1.807, 2.05) is 0 Å². The van der Waals surface area contributed by atoms with Crippen LogP contribution in [-0.2, 0) is 14.2 Å². The molecule has 0 amide bonds. The number of rotatable bonds is 30. The molecule has 636 valence electrons. The number of hydrogen-bond acceptors (Lipinski definition) is 3. The highest BCUT2D eigenvalue weighted by atomic mass is 19.5. The molecule has 54 heteroatoms. The summed E-state index contributed by atoms with van der Waals surface area (Å²) in [6, 6.07) is 0. The van der Waals surface area contributed by atoms with Crippen LogP contribution in [0.5, 0.6) is 0 Å². The summed E-state index contributed by atoms with van der Waals surface area (Å²) in [5, 5.41) is 0. The molecule has 0 bridgehead atoms. The van der Waals surface area contributed by atoms with Gasteiger partial charge >= 0.3 is 143 Å². The minimum absolute atomic E-state index is 0.418. The summed E-state index contributed by atoms with van der Waals surface area (Å²) in [6.07, 6.45) is -26.3. The Balaban J connectivity index is 0.000000821. The molecule has 0 radical (unpaired) electrons. The van der Waals surface area contributed by atoms with Crippen LogP contribution < -0.4 is 0 Å². The Labute approximate surface area is 569 Å². The van der Waals surface area contributed by atoms with Gasteiger partial charge in [0.1, 0.15) is 0 Å². The van der Waals surface area contributed by atoms with E-state index in [0.717, 1.165) is 30.9 Å². The van der Waals surface area contributed by atoms with Crippen molar-refractivity contribution in [1.82, 2.24) is 0 Å². The number of ether oxygens (including phenoxy) is 3. The molecule has 108 heavy (non-hydrogen) atoms. The van der Waals surface area contributed by atoms with Gasteiger partial charge in [-0.2, -0.15) is 224 Å². The topological polar surface area (TPSA) is 27.7 Å². The van der Waals surface area contributed by atoms with Crippen LogP contribution in [0, 0.1) is 17.8 Å². The van der Waals surface area contributed by atoms with E-state index < -0.39 is 256 Å². The second-order valence-electron chi connectivity index (χ2n) is 23.2. The smallest absolute Gasteiger partial charge is 0.460 e. The Morgan fingerprint density at radius 1 is 0.176 bits per heavy atom. The van der Waals surface area contributed by atoms with Crippen molar-refractivity contribution in [2.75, 3.05) is 0 Å². The van der Waals surface area contributed by atoms with E-state index >= 15 is 0 Å². The zero-order valence-corrected chi connectivity index (χ0v) is 51.8. The van der Waals surface area contributed by atoms with Crippen LogP contribution in [0.4, 0.5) is 224 Å². The minimum Gasteiger partial charge on any atom is -0.498 e. The van der Waals surface area contributed by atoms with Crippen LogP contribution in [0.25, 0.3) is 0 Å². The van der Waals surface area contributed by atoms with Gasteiger partial charge in [0.15, 0.2) is 0 Å². The highest BCUT2D eigenvalue weighted by Crippen LogP contribution is 2.70. The summed E-state index contributed by atoms with van der Waals surface area (Å²) in [5.41, 5.74) is 0. The van der Waals surface area contributed by atoms with E-state index in [4.69, 9.17) is 14.2 Å². The lowest BCUT2D eigenvalue weighted by molar-refractivity contribution is -0.475. The predicted molar refractivity (Wildman–Crippen MR) is 261 cm³/mol. The fourth-order valence-electron chi connectivity index (χ4n) is 9.62. The van der Waals surface area contributed by atoms with Crippen molar-refractivity contribution >= 4 is 0 Å². The van der Waals surface area contributed by atoms with Gasteiger partial charge in [0.25, 0.3) is 0 Å². The maximum Gasteiger partial charge on any atom is 0.460 e. The number of alkyl halides is 51. The van der Waals surface area contributed by atoms with E-state index in [0.29, 0.717) is 0 Å². The molecular formula is C54H45F51O3. The van der Waals surface area contributed by atoms with E-state index in [2.05, 4.69) is 19.7 Å². The lowest BCUT2D eigenvalue weighted by Crippen LogP contribution is -2.77. The minimum atomic E-state index is -9.16. The average Bonchev–Trinajstić information content (AvgIpc) is 0.693. The van der Waals surface area contributed by atoms with Crippen LogP contribution in [-0.4, -0.2) is 161 Å². The van der Waals surface area contributed by atoms with Crippen LogP contribution >= 0.6 is 0 Å². The van der Waals surface area contributed by atoms with Gasteiger partial charge in [0.05, 0.1) is 37.1 Å². The highest BCUT2D eigenvalue weighted by Gasteiger charge is 3.00. The zero-order chi connectivity index (χ0) is 86.4. The molecule has 0 heterocycles. The summed E-state index contributed by atoms with van der Waals surface area (Å²) in [4.78, 5) is 0. The molecule has 3 fully saturated rings. The molecule has 3 aliphatic carbocycles. The fourth-order valence-corrected chi connectivity index (χ4v) is 9.62. The van der Waals surface area contributed by atoms with Crippen molar-refractivity contribution in [1.29, 1.82) is 0 Å². The van der Waals surface area contributed by atoms with Crippen molar-refractivity contribution in [2.24, 2.45) is 17.8 Å². The largest absolute Gasteiger partial charge is 0.498 e. The maximum atomic E-state index is 14.4. The summed E-state index contributed by atoms with van der Waals surface area (Å²) in [7, 11) is 0. The molecule has 0 unspecified atom stereocenters. The maximum absolute atomic E-state index is 14.4. The zero-order valence-electron chi connectivity index (χ0n) is 51.8. The molecule has 0 aromatic rings. The lowest BCUT2D eigenvalue weighted by Gasteiger charge is -2.45. The van der Waals surface area contributed by atoms with Gasteiger partial charge in [-0.3, -0.25) is 0 Å². The third-order valence-electron chi connectivity index (χ3n) is 16.3.